The molecule has 0 amide bonds. The number of aromatic carboxylic acids is 1. The molecule has 0 aliphatic heterocycles. The summed E-state index contributed by atoms with van der Waals surface area (Å²) in [6.45, 7) is 4.26. The largest absolute Gasteiger partial charge is 0.477 e. The minimum Gasteiger partial charge on any atom is -0.477 e. The summed E-state index contributed by atoms with van der Waals surface area (Å²) in [7, 11) is -3.85. The topological polar surface area (TPSA) is 102 Å². The molecule has 1 aromatic heterocycles. The van der Waals surface area contributed by atoms with Crippen molar-refractivity contribution in [1.29, 1.82) is 0 Å². The normalized spacial score (nSPS) is 12.0. The third kappa shape index (κ3) is 5.31. The monoisotopic (exact) mass is 401 g/mol. The van der Waals surface area contributed by atoms with Crippen LogP contribution in [0.15, 0.2) is 14.7 Å². The first kappa shape index (κ1) is 18.5. The molecule has 120 valence electrons. The second kappa shape index (κ2) is 8.20. The summed E-state index contributed by atoms with van der Waals surface area (Å²) in [5, 5.41) is 8.88. The second-order valence-electron chi connectivity index (χ2n) is 3.75. The lowest BCUT2D eigenvalue weighted by Crippen LogP contribution is -2.35. The molecule has 0 unspecified atom stereocenters. The second-order valence-corrected chi connectivity index (χ2v) is 7.85. The number of carboxylic acids is 1. The Morgan fingerprint density at radius 2 is 2.00 bits per heavy atom. The fourth-order valence-electron chi connectivity index (χ4n) is 1.43. The summed E-state index contributed by atoms with van der Waals surface area (Å²) >= 11 is 3.90. The maximum absolute atomic E-state index is 12.2. The Kier molecular flexibility index (Phi) is 7.24. The van der Waals surface area contributed by atoms with Crippen LogP contribution < -0.4 is 4.72 Å². The van der Waals surface area contributed by atoms with Crippen molar-refractivity contribution in [3.63, 3.8) is 0 Å². The Hall–Kier alpha value is -0.520. The van der Waals surface area contributed by atoms with Crippen molar-refractivity contribution in [3.05, 3.63) is 14.7 Å². The highest BCUT2D eigenvalue weighted by molar-refractivity contribution is 9.11. The Morgan fingerprint density at radius 1 is 1.43 bits per heavy atom. The van der Waals surface area contributed by atoms with Gasteiger partial charge in [-0.3, -0.25) is 0 Å². The molecular formula is C11H16BrNO6S2. The van der Waals surface area contributed by atoms with E-state index < -0.39 is 22.3 Å². The SMILES string of the molecule is CCOC(CNS(=O)(=O)c1cc(C(=O)O)sc1Br)OCC. The Balaban J connectivity index is 2.83. The number of halogens is 1. The molecule has 0 fully saturated rings. The fraction of sp³-hybridized carbons (Fsp3) is 0.545. The molecule has 7 nitrogen and oxygen atoms in total. The van der Waals surface area contributed by atoms with Gasteiger partial charge in [-0.15, -0.1) is 11.3 Å². The van der Waals surface area contributed by atoms with Crippen LogP contribution in [0.4, 0.5) is 0 Å². The van der Waals surface area contributed by atoms with Crippen LogP contribution in [0.2, 0.25) is 0 Å². The van der Waals surface area contributed by atoms with Crippen LogP contribution >= 0.6 is 27.3 Å². The van der Waals surface area contributed by atoms with Crippen LogP contribution in [-0.2, 0) is 19.5 Å². The molecule has 0 spiro atoms. The summed E-state index contributed by atoms with van der Waals surface area (Å²) in [6.07, 6.45) is -0.689. The van der Waals surface area contributed by atoms with E-state index in [9.17, 15) is 13.2 Å². The van der Waals surface area contributed by atoms with E-state index in [1.165, 1.54) is 0 Å². The number of ether oxygens (including phenoxy) is 2. The first-order chi connectivity index (χ1) is 9.81. The molecule has 1 aromatic rings. The minimum absolute atomic E-state index is 0.0608. The quantitative estimate of drug-likeness (QED) is 0.612. The number of carbonyl (C=O) groups is 1. The summed E-state index contributed by atoms with van der Waals surface area (Å²) in [5.74, 6) is -1.18. The zero-order chi connectivity index (χ0) is 16.0. The van der Waals surface area contributed by atoms with E-state index in [0.717, 1.165) is 17.4 Å². The number of carboxylic acid groups (broad SMARTS) is 1. The number of hydrogen-bond acceptors (Lipinski definition) is 6. The van der Waals surface area contributed by atoms with Crippen molar-refractivity contribution in [2.24, 2.45) is 0 Å². The summed E-state index contributed by atoms with van der Waals surface area (Å²) in [5.41, 5.74) is 0. The van der Waals surface area contributed by atoms with E-state index in [-0.39, 0.29) is 20.1 Å². The van der Waals surface area contributed by atoms with Gasteiger partial charge in [-0.05, 0) is 35.8 Å². The lowest BCUT2D eigenvalue weighted by Gasteiger charge is -2.17. The molecule has 0 aliphatic carbocycles. The molecule has 1 heterocycles. The Morgan fingerprint density at radius 3 is 2.43 bits per heavy atom. The number of nitrogens with one attached hydrogen (secondary N) is 1. The molecule has 0 aliphatic rings. The lowest BCUT2D eigenvalue weighted by molar-refractivity contribution is -0.130. The van der Waals surface area contributed by atoms with Gasteiger partial charge in [0.15, 0.2) is 6.29 Å². The van der Waals surface area contributed by atoms with Crippen molar-refractivity contribution < 1.29 is 27.8 Å². The van der Waals surface area contributed by atoms with E-state index in [0.29, 0.717) is 13.2 Å². The van der Waals surface area contributed by atoms with E-state index in [1.807, 2.05) is 0 Å². The Labute approximate surface area is 135 Å². The summed E-state index contributed by atoms with van der Waals surface area (Å²) in [4.78, 5) is 10.7. The third-order valence-electron chi connectivity index (χ3n) is 2.30. The van der Waals surface area contributed by atoms with Gasteiger partial charge >= 0.3 is 5.97 Å². The van der Waals surface area contributed by atoms with Crippen LogP contribution in [0.1, 0.15) is 23.5 Å². The van der Waals surface area contributed by atoms with Crippen LogP contribution in [0.3, 0.4) is 0 Å². The van der Waals surface area contributed by atoms with E-state index in [1.54, 1.807) is 13.8 Å². The summed E-state index contributed by atoms with van der Waals surface area (Å²) < 4.78 is 37.4. The van der Waals surface area contributed by atoms with Crippen LogP contribution in [-0.4, -0.2) is 45.5 Å². The van der Waals surface area contributed by atoms with Crippen molar-refractivity contribution in [2.45, 2.75) is 25.0 Å². The third-order valence-corrected chi connectivity index (χ3v) is 5.96. The first-order valence-electron chi connectivity index (χ1n) is 6.07. The van der Waals surface area contributed by atoms with Crippen molar-refractivity contribution in [2.75, 3.05) is 19.8 Å². The van der Waals surface area contributed by atoms with Crippen molar-refractivity contribution >= 4 is 43.3 Å². The standard InChI is InChI=1S/C11H16BrNO6S2/c1-3-18-9(19-4-2)6-13-21(16,17)8-5-7(11(14)15)20-10(8)12/h5,9,13H,3-4,6H2,1-2H3,(H,14,15). The fourth-order valence-corrected chi connectivity index (χ4v) is 4.85. The highest BCUT2D eigenvalue weighted by atomic mass is 79.9. The van der Waals surface area contributed by atoms with E-state index in [4.69, 9.17) is 14.6 Å². The molecule has 0 saturated heterocycles. The lowest BCUT2D eigenvalue weighted by atomic mass is 10.5. The van der Waals surface area contributed by atoms with Gasteiger partial charge in [0.25, 0.3) is 0 Å². The van der Waals surface area contributed by atoms with E-state index in [2.05, 4.69) is 20.7 Å². The maximum atomic E-state index is 12.2. The zero-order valence-electron chi connectivity index (χ0n) is 11.5. The highest BCUT2D eigenvalue weighted by Crippen LogP contribution is 2.31. The molecule has 0 aromatic carbocycles. The van der Waals surface area contributed by atoms with Gasteiger partial charge < -0.3 is 14.6 Å². The molecule has 0 saturated carbocycles. The molecule has 0 radical (unpaired) electrons. The van der Waals surface area contributed by atoms with Gasteiger partial charge in [0.2, 0.25) is 10.0 Å². The summed E-state index contributed by atoms with van der Waals surface area (Å²) in [6, 6.07) is 1.11. The molecule has 10 heteroatoms. The molecule has 2 N–H and O–H groups in total. The molecule has 0 bridgehead atoms. The maximum Gasteiger partial charge on any atom is 0.345 e. The van der Waals surface area contributed by atoms with E-state index >= 15 is 0 Å². The smallest absolute Gasteiger partial charge is 0.345 e. The average molecular weight is 402 g/mol. The van der Waals surface area contributed by atoms with Crippen LogP contribution in [0.25, 0.3) is 0 Å². The number of rotatable bonds is 9. The van der Waals surface area contributed by atoms with Gasteiger partial charge in [0.05, 0.1) is 10.3 Å². The molecule has 21 heavy (non-hydrogen) atoms. The average Bonchev–Trinajstić information content (AvgIpc) is 2.80. The van der Waals surface area contributed by atoms with Crippen molar-refractivity contribution in [1.82, 2.24) is 4.72 Å². The molecule has 1 rings (SSSR count). The predicted molar refractivity (Wildman–Crippen MR) is 81.2 cm³/mol. The molecular weight excluding hydrogens is 386 g/mol. The minimum atomic E-state index is -3.85. The first-order valence-corrected chi connectivity index (χ1v) is 9.16. The highest BCUT2D eigenvalue weighted by Gasteiger charge is 2.24. The van der Waals surface area contributed by atoms with Gasteiger partial charge in [-0.2, -0.15) is 0 Å². The van der Waals surface area contributed by atoms with Gasteiger partial charge in [-0.25, -0.2) is 17.9 Å². The van der Waals surface area contributed by atoms with Gasteiger partial charge in [0.1, 0.15) is 9.77 Å². The van der Waals surface area contributed by atoms with Crippen LogP contribution in [0, 0.1) is 0 Å². The number of hydrogen-bond donors (Lipinski definition) is 2. The molecule has 0 atom stereocenters. The Bertz CT molecular complexity index is 580. The predicted octanol–water partition coefficient (Wildman–Crippen LogP) is 1.89. The van der Waals surface area contributed by atoms with Crippen LogP contribution in [0.5, 0.6) is 0 Å². The van der Waals surface area contributed by atoms with Gasteiger partial charge in [0, 0.05) is 13.2 Å². The zero-order valence-corrected chi connectivity index (χ0v) is 14.7. The number of thiophene rings is 1. The van der Waals surface area contributed by atoms with Crippen molar-refractivity contribution in [3.8, 4) is 0 Å². The number of sulfonamides is 1. The van der Waals surface area contributed by atoms with Gasteiger partial charge in [-0.1, -0.05) is 0 Å².